The van der Waals surface area contributed by atoms with Crippen LogP contribution >= 0.6 is 0 Å². The van der Waals surface area contributed by atoms with Crippen LogP contribution in [0.1, 0.15) is 51.9 Å². The van der Waals surface area contributed by atoms with Crippen LogP contribution in [0.2, 0.25) is 0 Å². The van der Waals surface area contributed by atoms with Crippen LogP contribution in [-0.2, 0) is 19.1 Å². The second-order valence-corrected chi connectivity index (χ2v) is 9.19. The Balaban J connectivity index is 1.74. The van der Waals surface area contributed by atoms with E-state index in [2.05, 4.69) is 6.58 Å². The maximum Gasteiger partial charge on any atom is 0.312 e. The Hall–Kier alpha value is -1.32. The van der Waals surface area contributed by atoms with Crippen LogP contribution in [0.15, 0.2) is 12.2 Å². The lowest BCUT2D eigenvalue weighted by atomic mass is 9.60. The zero-order valence-electron chi connectivity index (χ0n) is 14.6. The Morgan fingerprint density at radius 3 is 2.88 bits per heavy atom. The third-order valence-electron chi connectivity index (χ3n) is 8.48. The van der Waals surface area contributed by atoms with Crippen molar-refractivity contribution in [3.05, 3.63) is 12.2 Å². The molecule has 0 aromatic heterocycles. The van der Waals surface area contributed by atoms with Gasteiger partial charge in [0.05, 0.1) is 18.4 Å². The molecule has 5 fully saturated rings. The molecule has 24 heavy (non-hydrogen) atoms. The standard InChI is InChI=1S/C20H26O4/c1-11-9-19-10-12(11)5-6-13(19)20-8-4-7-18(2,17(22)24-20)15(20)14(19)16(21)23-3/h12-15H,1,4-10H2,2-3H3/t12?,13?,14-,15?,18-,19?,20-/m1/s1. The van der Waals surface area contributed by atoms with Crippen molar-refractivity contribution in [1.82, 2.24) is 0 Å². The molecular formula is C20H26O4. The molecule has 7 atom stereocenters. The number of ether oxygens (including phenoxy) is 2. The average molecular weight is 330 g/mol. The van der Waals surface area contributed by atoms with Crippen LogP contribution in [0.25, 0.3) is 0 Å². The first-order valence-electron chi connectivity index (χ1n) is 9.38. The molecular weight excluding hydrogens is 304 g/mol. The predicted molar refractivity (Wildman–Crippen MR) is 86.8 cm³/mol. The van der Waals surface area contributed by atoms with E-state index in [-0.39, 0.29) is 29.2 Å². The Morgan fingerprint density at radius 2 is 2.12 bits per heavy atom. The largest absolute Gasteiger partial charge is 0.469 e. The molecule has 0 amide bonds. The first kappa shape index (κ1) is 15.0. The first-order valence-corrected chi connectivity index (χ1v) is 9.38. The van der Waals surface area contributed by atoms with Gasteiger partial charge in [-0.3, -0.25) is 9.59 Å². The summed E-state index contributed by atoms with van der Waals surface area (Å²) in [6.07, 6.45) is 6.88. The topological polar surface area (TPSA) is 52.6 Å². The van der Waals surface area contributed by atoms with E-state index in [9.17, 15) is 9.59 Å². The molecule has 0 N–H and O–H groups in total. The molecule has 5 aliphatic rings. The Morgan fingerprint density at radius 1 is 1.33 bits per heavy atom. The fourth-order valence-corrected chi connectivity index (χ4v) is 7.81. The number of esters is 2. The molecule has 4 saturated carbocycles. The van der Waals surface area contributed by atoms with Crippen LogP contribution in [0, 0.1) is 34.5 Å². The number of carbonyl (C=O) groups excluding carboxylic acids is 2. The van der Waals surface area contributed by atoms with Crippen LogP contribution in [0.4, 0.5) is 0 Å². The smallest absolute Gasteiger partial charge is 0.312 e. The van der Waals surface area contributed by atoms with Crippen molar-refractivity contribution >= 4 is 11.9 Å². The van der Waals surface area contributed by atoms with Gasteiger partial charge in [-0.1, -0.05) is 12.2 Å². The van der Waals surface area contributed by atoms with E-state index >= 15 is 0 Å². The summed E-state index contributed by atoms with van der Waals surface area (Å²) in [5, 5.41) is 0. The lowest BCUT2D eigenvalue weighted by Crippen LogP contribution is -2.47. The van der Waals surface area contributed by atoms with E-state index in [1.54, 1.807) is 0 Å². The van der Waals surface area contributed by atoms with E-state index in [0.717, 1.165) is 44.9 Å². The zero-order valence-corrected chi connectivity index (χ0v) is 14.6. The Labute approximate surface area is 143 Å². The van der Waals surface area contributed by atoms with E-state index in [0.29, 0.717) is 11.8 Å². The molecule has 4 unspecified atom stereocenters. The summed E-state index contributed by atoms with van der Waals surface area (Å²) in [7, 11) is 1.48. The minimum atomic E-state index is -0.525. The monoisotopic (exact) mass is 330 g/mol. The van der Waals surface area contributed by atoms with Crippen molar-refractivity contribution in [3.63, 3.8) is 0 Å². The highest BCUT2D eigenvalue weighted by atomic mass is 16.6. The number of carbonyl (C=O) groups is 2. The number of hydrogen-bond donors (Lipinski definition) is 0. The highest BCUT2D eigenvalue weighted by Gasteiger charge is 2.81. The van der Waals surface area contributed by atoms with Gasteiger partial charge in [-0.2, -0.15) is 0 Å². The summed E-state index contributed by atoms with van der Waals surface area (Å²) in [6, 6.07) is 0. The molecule has 1 heterocycles. The third-order valence-corrected chi connectivity index (χ3v) is 8.48. The quantitative estimate of drug-likeness (QED) is 0.547. The molecule has 0 radical (unpaired) electrons. The predicted octanol–water partition coefficient (Wildman–Crippen LogP) is 3.25. The fraction of sp³-hybridized carbons (Fsp3) is 0.800. The molecule has 4 heteroatoms. The van der Waals surface area contributed by atoms with Crippen molar-refractivity contribution in [2.24, 2.45) is 34.5 Å². The fourth-order valence-electron chi connectivity index (χ4n) is 7.81. The van der Waals surface area contributed by atoms with Gasteiger partial charge in [0.2, 0.25) is 0 Å². The summed E-state index contributed by atoms with van der Waals surface area (Å²) < 4.78 is 11.5. The summed E-state index contributed by atoms with van der Waals surface area (Å²) in [6.45, 7) is 6.36. The lowest BCUT2D eigenvalue weighted by Gasteiger charge is -2.43. The molecule has 5 rings (SSSR count). The van der Waals surface area contributed by atoms with Crippen LogP contribution in [0.5, 0.6) is 0 Å². The van der Waals surface area contributed by atoms with Crippen molar-refractivity contribution in [2.45, 2.75) is 57.5 Å². The summed E-state index contributed by atoms with van der Waals surface area (Å²) >= 11 is 0. The summed E-state index contributed by atoms with van der Waals surface area (Å²) in [4.78, 5) is 25.8. The molecule has 1 spiro atoms. The van der Waals surface area contributed by atoms with Crippen molar-refractivity contribution in [1.29, 1.82) is 0 Å². The van der Waals surface area contributed by atoms with Gasteiger partial charge >= 0.3 is 11.9 Å². The van der Waals surface area contributed by atoms with Gasteiger partial charge in [-0.15, -0.1) is 0 Å². The summed E-state index contributed by atoms with van der Waals surface area (Å²) in [5.74, 6) is 0.383. The van der Waals surface area contributed by atoms with Gasteiger partial charge in [0.15, 0.2) is 0 Å². The summed E-state index contributed by atoms with van der Waals surface area (Å²) in [5.41, 5.74) is 0.249. The molecule has 0 aromatic rings. The molecule has 1 saturated heterocycles. The minimum Gasteiger partial charge on any atom is -0.469 e. The van der Waals surface area contributed by atoms with Gasteiger partial charge in [0, 0.05) is 11.8 Å². The number of hydrogen-bond acceptors (Lipinski definition) is 4. The third kappa shape index (κ3) is 1.36. The maximum absolute atomic E-state index is 13.0. The highest BCUT2D eigenvalue weighted by Crippen LogP contribution is 2.77. The van der Waals surface area contributed by atoms with Gasteiger partial charge in [0.25, 0.3) is 0 Å². The average Bonchev–Trinajstić information content (AvgIpc) is 2.99. The number of methoxy groups -OCH3 is 1. The van der Waals surface area contributed by atoms with Gasteiger partial charge in [-0.05, 0) is 63.2 Å². The van der Waals surface area contributed by atoms with Crippen LogP contribution < -0.4 is 0 Å². The lowest BCUT2D eigenvalue weighted by molar-refractivity contribution is -0.161. The number of fused-ring (bicyclic) bond motifs is 1. The maximum atomic E-state index is 13.0. The number of allylic oxidation sites excluding steroid dienone is 1. The van der Waals surface area contributed by atoms with Crippen molar-refractivity contribution in [2.75, 3.05) is 7.11 Å². The normalized spacial score (nSPS) is 54.2. The molecule has 4 bridgehead atoms. The van der Waals surface area contributed by atoms with Crippen molar-refractivity contribution in [3.8, 4) is 0 Å². The molecule has 4 nitrogen and oxygen atoms in total. The van der Waals surface area contributed by atoms with Gasteiger partial charge in [-0.25, -0.2) is 0 Å². The molecule has 4 aliphatic carbocycles. The minimum absolute atomic E-state index is 0.0200. The van der Waals surface area contributed by atoms with Crippen LogP contribution in [-0.4, -0.2) is 24.6 Å². The molecule has 1 aliphatic heterocycles. The highest BCUT2D eigenvalue weighted by molar-refractivity contribution is 5.85. The van der Waals surface area contributed by atoms with E-state index in [1.807, 2.05) is 6.92 Å². The number of rotatable bonds is 1. The first-order chi connectivity index (χ1) is 11.4. The van der Waals surface area contributed by atoms with Gasteiger partial charge in [0.1, 0.15) is 5.60 Å². The SMILES string of the molecule is C=C1CC23CC1CCC2[C@@]12CCC[C@@](C)(C(=O)O1)C2[C@@H]3C(=O)OC. The Bertz CT molecular complexity index is 669. The second-order valence-electron chi connectivity index (χ2n) is 9.19. The van der Waals surface area contributed by atoms with Crippen LogP contribution in [0.3, 0.4) is 0 Å². The van der Waals surface area contributed by atoms with Crippen molar-refractivity contribution < 1.29 is 19.1 Å². The second kappa shape index (κ2) is 4.25. The zero-order chi connectivity index (χ0) is 16.9. The van der Waals surface area contributed by atoms with E-state index < -0.39 is 11.0 Å². The molecule has 130 valence electrons. The van der Waals surface area contributed by atoms with Gasteiger partial charge < -0.3 is 9.47 Å². The molecule has 0 aromatic carbocycles. The van der Waals surface area contributed by atoms with E-state index in [1.165, 1.54) is 12.7 Å². The van der Waals surface area contributed by atoms with E-state index in [4.69, 9.17) is 9.47 Å². The Kier molecular flexibility index (Phi) is 2.66.